The molecule has 0 unspecified atom stereocenters. The molecule has 0 heterocycles. The zero-order chi connectivity index (χ0) is 17.0. The van der Waals surface area contributed by atoms with Crippen LogP contribution < -0.4 is 9.64 Å². The van der Waals surface area contributed by atoms with Gasteiger partial charge in [0.1, 0.15) is 5.75 Å². The molecule has 24 heavy (non-hydrogen) atoms. The van der Waals surface area contributed by atoms with Crippen LogP contribution in [0.5, 0.6) is 11.5 Å². The minimum atomic E-state index is 0.895. The highest BCUT2D eigenvalue weighted by molar-refractivity contribution is 5.59. The molecule has 0 spiro atoms. The molecule has 0 saturated carbocycles. The smallest absolute Gasteiger partial charge is 0.150 e. The lowest BCUT2D eigenvalue weighted by atomic mass is 10.2. The second-order valence-corrected chi connectivity index (χ2v) is 6.28. The van der Waals surface area contributed by atoms with Gasteiger partial charge in [-0.15, -0.1) is 0 Å². The second kappa shape index (κ2) is 10.7. The van der Waals surface area contributed by atoms with Crippen molar-refractivity contribution in [1.29, 1.82) is 0 Å². The number of para-hydroxylation sites is 3. The van der Waals surface area contributed by atoms with Crippen LogP contribution in [0.25, 0.3) is 0 Å². The number of nitrogens with zero attached hydrogens (tertiary/aromatic N) is 1. The van der Waals surface area contributed by atoms with Gasteiger partial charge in [-0.25, -0.2) is 0 Å². The molecule has 2 aromatic rings. The molecule has 0 N–H and O–H groups in total. The van der Waals surface area contributed by atoms with Crippen molar-refractivity contribution in [3.63, 3.8) is 0 Å². The largest absolute Gasteiger partial charge is 0.455 e. The molecule has 2 rings (SSSR count). The third kappa shape index (κ3) is 5.92. The molecule has 0 saturated heterocycles. The average molecular weight is 325 g/mol. The number of rotatable bonds is 11. The Hall–Kier alpha value is -1.96. The van der Waals surface area contributed by atoms with Gasteiger partial charge in [0.2, 0.25) is 0 Å². The minimum Gasteiger partial charge on any atom is -0.455 e. The lowest BCUT2D eigenvalue weighted by Gasteiger charge is -2.27. The first-order valence-electron chi connectivity index (χ1n) is 9.42. The summed E-state index contributed by atoms with van der Waals surface area (Å²) >= 11 is 0. The molecule has 2 nitrogen and oxygen atoms in total. The number of ether oxygens (including phenoxy) is 1. The molecular weight excluding hydrogens is 294 g/mol. The molecule has 0 radical (unpaired) electrons. The first-order chi connectivity index (χ1) is 11.8. The summed E-state index contributed by atoms with van der Waals surface area (Å²) in [6.45, 7) is 6.72. The first-order valence-corrected chi connectivity index (χ1v) is 9.42. The summed E-state index contributed by atoms with van der Waals surface area (Å²) in [6, 6.07) is 18.5. The highest BCUT2D eigenvalue weighted by Gasteiger charge is 2.12. The maximum absolute atomic E-state index is 6.16. The van der Waals surface area contributed by atoms with Gasteiger partial charge in [-0.2, -0.15) is 0 Å². The van der Waals surface area contributed by atoms with E-state index in [0.29, 0.717) is 0 Å². The molecule has 0 aromatic heterocycles. The Bertz CT molecular complexity index is 557. The van der Waals surface area contributed by atoms with Gasteiger partial charge in [-0.1, -0.05) is 69.9 Å². The van der Waals surface area contributed by atoms with E-state index in [0.717, 1.165) is 24.6 Å². The molecule has 0 aliphatic carbocycles. The average Bonchev–Trinajstić information content (AvgIpc) is 2.62. The maximum Gasteiger partial charge on any atom is 0.150 e. The topological polar surface area (TPSA) is 12.5 Å². The third-order valence-electron chi connectivity index (χ3n) is 4.24. The van der Waals surface area contributed by atoms with Gasteiger partial charge in [0.05, 0.1) is 5.69 Å². The monoisotopic (exact) mass is 325 g/mol. The van der Waals surface area contributed by atoms with Crippen molar-refractivity contribution < 1.29 is 4.74 Å². The van der Waals surface area contributed by atoms with Crippen molar-refractivity contribution in [3.8, 4) is 11.5 Å². The fourth-order valence-electron chi connectivity index (χ4n) is 2.88. The molecule has 0 aliphatic rings. The van der Waals surface area contributed by atoms with E-state index in [1.807, 2.05) is 30.3 Å². The number of hydrogen-bond acceptors (Lipinski definition) is 2. The quantitative estimate of drug-likeness (QED) is 0.428. The second-order valence-electron chi connectivity index (χ2n) is 6.28. The summed E-state index contributed by atoms with van der Waals surface area (Å²) in [5.41, 5.74) is 1.22. The first kappa shape index (κ1) is 18.4. The predicted molar refractivity (Wildman–Crippen MR) is 104 cm³/mol. The van der Waals surface area contributed by atoms with E-state index in [4.69, 9.17) is 4.74 Å². The van der Waals surface area contributed by atoms with E-state index < -0.39 is 0 Å². The van der Waals surface area contributed by atoms with E-state index >= 15 is 0 Å². The summed E-state index contributed by atoms with van der Waals surface area (Å²) in [4.78, 5) is 2.50. The van der Waals surface area contributed by atoms with Crippen LogP contribution in [0.15, 0.2) is 54.6 Å². The molecule has 130 valence electrons. The van der Waals surface area contributed by atoms with Crippen molar-refractivity contribution >= 4 is 5.69 Å². The molecular formula is C22H31NO. The van der Waals surface area contributed by atoms with Crippen LogP contribution in [0, 0.1) is 0 Å². The number of benzene rings is 2. The molecule has 0 atom stereocenters. The van der Waals surface area contributed by atoms with Crippen LogP contribution in [0.2, 0.25) is 0 Å². The predicted octanol–water partition coefficient (Wildman–Crippen LogP) is 6.67. The number of anilines is 1. The summed E-state index contributed by atoms with van der Waals surface area (Å²) in [5.74, 6) is 1.85. The van der Waals surface area contributed by atoms with Crippen LogP contribution in [0.3, 0.4) is 0 Å². The van der Waals surface area contributed by atoms with Crippen molar-refractivity contribution in [2.45, 2.75) is 52.4 Å². The van der Waals surface area contributed by atoms with Crippen molar-refractivity contribution in [2.24, 2.45) is 0 Å². The summed E-state index contributed by atoms with van der Waals surface area (Å²) in [7, 11) is 0. The summed E-state index contributed by atoms with van der Waals surface area (Å²) in [5, 5.41) is 0. The van der Waals surface area contributed by atoms with Crippen molar-refractivity contribution in [3.05, 3.63) is 54.6 Å². The minimum absolute atomic E-state index is 0.895. The molecule has 0 aliphatic heterocycles. The Morgan fingerprint density at radius 3 is 1.92 bits per heavy atom. The van der Waals surface area contributed by atoms with Crippen LogP contribution in [0.4, 0.5) is 5.69 Å². The van der Waals surface area contributed by atoms with Gasteiger partial charge in [-0.05, 0) is 37.1 Å². The fraction of sp³-hybridized carbons (Fsp3) is 0.455. The summed E-state index contributed by atoms with van der Waals surface area (Å²) < 4.78 is 6.16. The fourth-order valence-corrected chi connectivity index (χ4v) is 2.88. The van der Waals surface area contributed by atoms with Gasteiger partial charge in [-0.3, -0.25) is 0 Å². The van der Waals surface area contributed by atoms with E-state index in [1.54, 1.807) is 0 Å². The van der Waals surface area contributed by atoms with Gasteiger partial charge in [0.15, 0.2) is 5.75 Å². The Labute approximate surface area is 147 Å². The molecule has 2 heteroatoms. The zero-order valence-corrected chi connectivity index (χ0v) is 15.2. The normalized spacial score (nSPS) is 10.6. The van der Waals surface area contributed by atoms with Gasteiger partial charge < -0.3 is 9.64 Å². The van der Waals surface area contributed by atoms with Crippen LogP contribution in [-0.4, -0.2) is 13.1 Å². The molecule has 0 fully saturated rings. The Balaban J connectivity index is 2.14. The van der Waals surface area contributed by atoms with E-state index in [1.165, 1.54) is 44.2 Å². The lowest BCUT2D eigenvalue weighted by Crippen LogP contribution is -2.26. The Kier molecular flexibility index (Phi) is 8.23. The zero-order valence-electron chi connectivity index (χ0n) is 15.2. The standard InChI is InChI=1S/C22H31NO/c1-3-5-12-18-23(19-13-6-4-2)21-16-10-11-17-22(21)24-20-14-8-7-9-15-20/h7-11,14-17H,3-6,12-13,18-19H2,1-2H3. The summed E-state index contributed by atoms with van der Waals surface area (Å²) in [6.07, 6.45) is 7.55. The third-order valence-corrected chi connectivity index (χ3v) is 4.24. The van der Waals surface area contributed by atoms with Gasteiger partial charge in [0.25, 0.3) is 0 Å². The Morgan fingerprint density at radius 1 is 0.708 bits per heavy atom. The van der Waals surface area contributed by atoms with Crippen LogP contribution in [0.1, 0.15) is 52.4 Å². The van der Waals surface area contributed by atoms with Crippen LogP contribution in [-0.2, 0) is 0 Å². The van der Waals surface area contributed by atoms with E-state index in [9.17, 15) is 0 Å². The molecule has 2 aromatic carbocycles. The van der Waals surface area contributed by atoms with Gasteiger partial charge in [0, 0.05) is 13.1 Å². The van der Waals surface area contributed by atoms with E-state index in [-0.39, 0.29) is 0 Å². The van der Waals surface area contributed by atoms with Gasteiger partial charge >= 0.3 is 0 Å². The molecule has 0 bridgehead atoms. The number of unbranched alkanes of at least 4 members (excludes halogenated alkanes) is 4. The van der Waals surface area contributed by atoms with Crippen molar-refractivity contribution in [1.82, 2.24) is 0 Å². The SMILES string of the molecule is CCCCCN(CCCCC)c1ccccc1Oc1ccccc1. The highest BCUT2D eigenvalue weighted by Crippen LogP contribution is 2.32. The van der Waals surface area contributed by atoms with Crippen LogP contribution >= 0.6 is 0 Å². The maximum atomic E-state index is 6.16. The number of hydrogen-bond donors (Lipinski definition) is 0. The highest BCUT2D eigenvalue weighted by atomic mass is 16.5. The molecule has 0 amide bonds. The van der Waals surface area contributed by atoms with E-state index in [2.05, 4.69) is 43.0 Å². The van der Waals surface area contributed by atoms with Crippen molar-refractivity contribution in [2.75, 3.05) is 18.0 Å². The lowest BCUT2D eigenvalue weighted by molar-refractivity contribution is 0.480. The Morgan fingerprint density at radius 2 is 1.29 bits per heavy atom.